The molecule has 5 nitrogen and oxygen atoms in total. The van der Waals surface area contributed by atoms with Crippen LogP contribution in [0.3, 0.4) is 0 Å². The number of hydrogen-bond acceptors (Lipinski definition) is 3. The van der Waals surface area contributed by atoms with Crippen LogP contribution in [0.1, 0.15) is 25.7 Å². The maximum absolute atomic E-state index is 11.1. The second kappa shape index (κ2) is 6.53. The molecule has 0 aromatic carbocycles. The summed E-state index contributed by atoms with van der Waals surface area (Å²) >= 11 is 1.87. The first-order valence-electron chi connectivity index (χ1n) is 5.57. The molecule has 0 bridgehead atoms. The van der Waals surface area contributed by atoms with Gasteiger partial charge in [-0.15, -0.1) is 0 Å². The molecular weight excluding hydrogens is 280 g/mol. The van der Waals surface area contributed by atoms with Gasteiger partial charge in [-0.25, -0.2) is 4.79 Å². The Morgan fingerprint density at radius 1 is 1.41 bits per heavy atom. The molecule has 0 spiro atoms. The minimum atomic E-state index is -0.729. The van der Waals surface area contributed by atoms with Gasteiger partial charge in [0.15, 0.2) is 0 Å². The molecule has 3 N–H and O–H groups in total. The summed E-state index contributed by atoms with van der Waals surface area (Å²) in [6.45, 7) is 0. The van der Waals surface area contributed by atoms with Gasteiger partial charge in [0.2, 0.25) is 0 Å². The first kappa shape index (κ1) is 14.7. The van der Waals surface area contributed by atoms with Crippen molar-refractivity contribution in [3.05, 3.63) is 0 Å². The van der Waals surface area contributed by atoms with E-state index in [1.165, 1.54) is 0 Å². The van der Waals surface area contributed by atoms with E-state index in [4.69, 9.17) is 5.11 Å². The summed E-state index contributed by atoms with van der Waals surface area (Å²) in [4.78, 5) is 21.5. The third kappa shape index (κ3) is 3.80. The van der Waals surface area contributed by atoms with Crippen molar-refractivity contribution >= 4 is 23.8 Å². The third-order valence-electron chi connectivity index (χ3n) is 3.07. The van der Waals surface area contributed by atoms with Crippen LogP contribution < -0.4 is 10.6 Å². The van der Waals surface area contributed by atoms with Gasteiger partial charge in [-0.2, -0.15) is 11.8 Å². The molecule has 0 radical (unpaired) electrons. The van der Waals surface area contributed by atoms with Gasteiger partial charge in [0.25, 0.3) is 0 Å². The molecule has 17 heavy (non-hydrogen) atoms. The number of carbonyl (C=O) groups excluding carboxylic acids is 1. The Hall–Kier alpha value is -0.378. The fourth-order valence-electron chi connectivity index (χ4n) is 2.26. The Bertz CT molecular complexity index is 303. The molecule has 0 unspecified atom stereocenters. The van der Waals surface area contributed by atoms with Crippen LogP contribution >= 0.6 is 11.8 Å². The summed E-state index contributed by atoms with van der Waals surface area (Å²) in [6.07, 6.45) is 2.88. The predicted molar refractivity (Wildman–Crippen MR) is 61.6 cm³/mol. The Kier molecular flexibility index (Phi) is 5.64. The van der Waals surface area contributed by atoms with Crippen LogP contribution in [-0.2, 0) is 22.2 Å². The second-order valence-electron chi connectivity index (χ2n) is 4.26. The molecule has 2 aliphatic heterocycles. The number of thioether (sulfide) groups is 1. The van der Waals surface area contributed by atoms with Crippen molar-refractivity contribution < 1.29 is 32.1 Å². The van der Waals surface area contributed by atoms with Crippen molar-refractivity contribution in [2.75, 3.05) is 5.75 Å². The van der Waals surface area contributed by atoms with Crippen LogP contribution in [-0.4, -0.2) is 40.2 Å². The van der Waals surface area contributed by atoms with Crippen molar-refractivity contribution in [1.29, 1.82) is 0 Å². The quantitative estimate of drug-likeness (QED) is 0.518. The van der Waals surface area contributed by atoms with Crippen LogP contribution in [0.2, 0.25) is 0 Å². The molecule has 2 heterocycles. The maximum Gasteiger partial charge on any atom is 0.315 e. The average Bonchev–Trinajstić information content (AvgIpc) is 2.72. The Balaban J connectivity index is 0.00000144. The van der Waals surface area contributed by atoms with Crippen LogP contribution in [0.15, 0.2) is 0 Å². The molecule has 2 rings (SSSR count). The third-order valence-corrected chi connectivity index (χ3v) is 4.58. The SMILES string of the molecule is O=C(O)CCCC[C@H]1SC[C@H]2NC(=O)N[C@H]21.[Cr]. The number of unbranched alkanes of at least 4 members (excludes halogenated alkanes) is 1. The number of rotatable bonds is 5. The van der Waals surface area contributed by atoms with Gasteiger partial charge in [-0.3, -0.25) is 4.79 Å². The zero-order chi connectivity index (χ0) is 11.5. The first-order valence-corrected chi connectivity index (χ1v) is 6.62. The van der Waals surface area contributed by atoms with Crippen LogP contribution in [0, 0.1) is 0 Å². The number of amides is 2. The van der Waals surface area contributed by atoms with E-state index in [2.05, 4.69) is 10.6 Å². The van der Waals surface area contributed by atoms with E-state index in [9.17, 15) is 9.59 Å². The zero-order valence-electron chi connectivity index (χ0n) is 9.35. The number of carboxylic acid groups (broad SMARTS) is 1. The Labute approximate surface area is 115 Å². The van der Waals surface area contributed by atoms with Gasteiger partial charge < -0.3 is 15.7 Å². The Morgan fingerprint density at radius 2 is 2.18 bits per heavy atom. The molecule has 2 amide bonds. The number of nitrogens with one attached hydrogen (secondary N) is 2. The van der Waals surface area contributed by atoms with E-state index in [1.807, 2.05) is 11.8 Å². The van der Waals surface area contributed by atoms with Crippen molar-refractivity contribution in [3.63, 3.8) is 0 Å². The molecule has 0 aliphatic carbocycles. The van der Waals surface area contributed by atoms with Crippen molar-refractivity contribution in [1.82, 2.24) is 10.6 Å². The summed E-state index contributed by atoms with van der Waals surface area (Å²) in [5, 5.41) is 14.8. The largest absolute Gasteiger partial charge is 0.481 e. The van der Waals surface area contributed by atoms with Crippen molar-refractivity contribution in [2.45, 2.75) is 43.0 Å². The predicted octanol–water partition coefficient (Wildman–Crippen LogP) is 0.794. The molecule has 7 heteroatoms. The van der Waals surface area contributed by atoms with Gasteiger partial charge in [0, 0.05) is 34.8 Å². The minimum Gasteiger partial charge on any atom is -0.481 e. The molecule has 2 aliphatic rings. The fraction of sp³-hybridized carbons (Fsp3) is 0.800. The standard InChI is InChI=1S/C10H16N2O3S.Cr/c13-8(14)4-2-1-3-7-9-6(5-16-7)11-10(15)12-9;/h6-7,9H,1-5H2,(H,13,14)(H2,11,12,15);/t6-,7-,9-;/m1./s1. The summed E-state index contributed by atoms with van der Waals surface area (Å²) in [7, 11) is 0. The number of fused-ring (bicyclic) bond motifs is 1. The van der Waals surface area contributed by atoms with Gasteiger partial charge in [-0.05, 0) is 12.8 Å². The second-order valence-corrected chi connectivity index (χ2v) is 5.53. The van der Waals surface area contributed by atoms with Gasteiger partial charge in [0.1, 0.15) is 0 Å². The van der Waals surface area contributed by atoms with E-state index < -0.39 is 5.97 Å². The molecule has 2 fully saturated rings. The van der Waals surface area contributed by atoms with Crippen LogP contribution in [0.5, 0.6) is 0 Å². The number of urea groups is 1. The minimum absolute atomic E-state index is 0. The van der Waals surface area contributed by atoms with E-state index in [0.717, 1.165) is 25.0 Å². The first-order chi connectivity index (χ1) is 7.66. The average molecular weight is 296 g/mol. The van der Waals surface area contributed by atoms with Gasteiger partial charge >= 0.3 is 12.0 Å². The normalized spacial score (nSPS) is 30.1. The maximum atomic E-state index is 11.1. The summed E-state index contributed by atoms with van der Waals surface area (Å²) in [5.41, 5.74) is 0. The van der Waals surface area contributed by atoms with Crippen LogP contribution in [0.4, 0.5) is 4.79 Å². The van der Waals surface area contributed by atoms with E-state index >= 15 is 0 Å². The number of hydrogen-bond donors (Lipinski definition) is 3. The van der Waals surface area contributed by atoms with E-state index in [1.54, 1.807) is 0 Å². The number of aliphatic carboxylic acids is 1. The van der Waals surface area contributed by atoms with Gasteiger partial charge in [-0.1, -0.05) is 6.42 Å². The fourth-order valence-corrected chi connectivity index (χ4v) is 3.81. The van der Waals surface area contributed by atoms with Crippen LogP contribution in [0.25, 0.3) is 0 Å². The molecule has 2 saturated heterocycles. The molecular formula is C10H16CrN2O3S. The molecule has 0 aromatic heterocycles. The van der Waals surface area contributed by atoms with Crippen molar-refractivity contribution in [2.24, 2.45) is 0 Å². The van der Waals surface area contributed by atoms with Gasteiger partial charge in [0.05, 0.1) is 12.1 Å². The molecule has 3 atom stereocenters. The summed E-state index contributed by atoms with van der Waals surface area (Å²) in [6, 6.07) is 0.440. The summed E-state index contributed by atoms with van der Waals surface area (Å²) < 4.78 is 0. The number of carbonyl (C=O) groups is 2. The van der Waals surface area contributed by atoms with E-state index in [-0.39, 0.29) is 41.9 Å². The molecule has 0 aromatic rings. The summed E-state index contributed by atoms with van der Waals surface area (Å²) in [5.74, 6) is 0.236. The Morgan fingerprint density at radius 3 is 2.88 bits per heavy atom. The smallest absolute Gasteiger partial charge is 0.315 e. The molecule has 96 valence electrons. The van der Waals surface area contributed by atoms with Crippen molar-refractivity contribution in [3.8, 4) is 0 Å². The molecule has 0 saturated carbocycles. The zero-order valence-corrected chi connectivity index (χ0v) is 11.4. The monoisotopic (exact) mass is 296 g/mol. The topological polar surface area (TPSA) is 78.4 Å². The van der Waals surface area contributed by atoms with E-state index in [0.29, 0.717) is 5.25 Å². The number of carboxylic acids is 1.